The van der Waals surface area contributed by atoms with Crippen molar-refractivity contribution in [2.75, 3.05) is 0 Å². The molecule has 2 bridgehead atoms. The van der Waals surface area contributed by atoms with Gasteiger partial charge in [-0.15, -0.1) is 0 Å². The second-order valence-electron chi connectivity index (χ2n) is 6.58. The highest BCUT2D eigenvalue weighted by molar-refractivity contribution is 5.68. The van der Waals surface area contributed by atoms with Crippen molar-refractivity contribution in [3.05, 3.63) is 77.1 Å². The topological polar surface area (TPSA) is 3.24 Å². The third-order valence-electron chi connectivity index (χ3n) is 5.13. The van der Waals surface area contributed by atoms with E-state index in [1.165, 1.54) is 11.6 Å². The Bertz CT molecular complexity index is 785. The maximum absolute atomic E-state index is 14.1. The van der Waals surface area contributed by atoms with Gasteiger partial charge in [-0.1, -0.05) is 36.4 Å². The number of halogens is 3. The Kier molecular flexibility index (Phi) is 3.93. The van der Waals surface area contributed by atoms with E-state index in [9.17, 15) is 13.2 Å². The number of nitrogens with zero attached hydrogens (tertiary/aromatic N) is 1. The molecule has 2 unspecified atom stereocenters. The number of fused-ring (bicyclic) bond motifs is 2. The van der Waals surface area contributed by atoms with E-state index in [4.69, 9.17) is 0 Å². The molecule has 4 heteroatoms. The summed E-state index contributed by atoms with van der Waals surface area (Å²) >= 11 is 0. The van der Waals surface area contributed by atoms with Crippen LogP contribution in [-0.2, 0) is 6.54 Å². The molecule has 0 spiro atoms. The predicted octanol–water partition coefficient (Wildman–Crippen LogP) is 4.92. The normalized spacial score (nSPS) is 23.4. The third kappa shape index (κ3) is 2.65. The Labute approximate surface area is 139 Å². The van der Waals surface area contributed by atoms with Gasteiger partial charge in [-0.25, -0.2) is 13.2 Å². The van der Waals surface area contributed by atoms with Crippen molar-refractivity contribution in [2.24, 2.45) is 0 Å². The highest BCUT2D eigenvalue weighted by Crippen LogP contribution is 2.40. The van der Waals surface area contributed by atoms with Crippen LogP contribution in [0.25, 0.3) is 5.57 Å². The van der Waals surface area contributed by atoms with Crippen molar-refractivity contribution in [2.45, 2.75) is 37.9 Å². The molecule has 2 aliphatic heterocycles. The fourth-order valence-electron chi connectivity index (χ4n) is 3.93. The fourth-order valence-corrected chi connectivity index (χ4v) is 3.93. The molecule has 0 saturated carbocycles. The van der Waals surface area contributed by atoms with Gasteiger partial charge in [-0.3, -0.25) is 4.90 Å². The molecule has 0 amide bonds. The minimum absolute atomic E-state index is 0.199. The van der Waals surface area contributed by atoms with E-state index in [0.717, 1.165) is 31.0 Å². The zero-order valence-corrected chi connectivity index (χ0v) is 13.2. The van der Waals surface area contributed by atoms with Gasteiger partial charge in [0.05, 0.1) is 0 Å². The molecule has 124 valence electrons. The Morgan fingerprint density at radius 1 is 0.917 bits per heavy atom. The van der Waals surface area contributed by atoms with Gasteiger partial charge in [-0.2, -0.15) is 0 Å². The quantitative estimate of drug-likeness (QED) is 0.722. The van der Waals surface area contributed by atoms with Crippen LogP contribution in [0.2, 0.25) is 0 Å². The van der Waals surface area contributed by atoms with Gasteiger partial charge in [0.25, 0.3) is 0 Å². The molecule has 0 aliphatic carbocycles. The van der Waals surface area contributed by atoms with E-state index >= 15 is 0 Å². The second-order valence-corrected chi connectivity index (χ2v) is 6.58. The molecule has 0 aromatic heterocycles. The molecule has 1 fully saturated rings. The zero-order valence-electron chi connectivity index (χ0n) is 13.2. The molecule has 2 aromatic rings. The lowest BCUT2D eigenvalue weighted by Crippen LogP contribution is -2.37. The van der Waals surface area contributed by atoms with Crippen molar-refractivity contribution in [1.82, 2.24) is 4.90 Å². The number of hydrogen-bond donors (Lipinski definition) is 0. The molecule has 0 N–H and O–H groups in total. The highest BCUT2D eigenvalue weighted by Gasteiger charge is 2.37. The molecular weight excluding hydrogens is 311 g/mol. The van der Waals surface area contributed by atoms with Crippen LogP contribution in [0, 0.1) is 17.5 Å². The first kappa shape index (κ1) is 15.5. The second kappa shape index (κ2) is 6.10. The number of rotatable bonds is 3. The fraction of sp³-hybridized carbons (Fsp3) is 0.300. The number of hydrogen-bond acceptors (Lipinski definition) is 1. The van der Waals surface area contributed by atoms with Crippen molar-refractivity contribution >= 4 is 5.57 Å². The van der Waals surface area contributed by atoms with Gasteiger partial charge >= 0.3 is 0 Å². The number of benzene rings is 2. The largest absolute Gasteiger partial charge is 0.289 e. The van der Waals surface area contributed by atoms with Crippen molar-refractivity contribution < 1.29 is 13.2 Å². The van der Waals surface area contributed by atoms with E-state index in [1.807, 2.05) is 24.3 Å². The predicted molar refractivity (Wildman–Crippen MR) is 87.7 cm³/mol. The third-order valence-corrected chi connectivity index (χ3v) is 5.13. The average Bonchev–Trinajstić information content (AvgIpc) is 2.82. The van der Waals surface area contributed by atoms with Gasteiger partial charge in [0.1, 0.15) is 0 Å². The Morgan fingerprint density at radius 3 is 2.46 bits per heavy atom. The van der Waals surface area contributed by atoms with Crippen LogP contribution in [0.1, 0.15) is 30.4 Å². The standard InChI is InChI=1S/C20H18F3N/c21-18-9-8-17(19(22)20(18)23)14-10-15-6-7-16(11-14)24(15)12-13-4-2-1-3-5-13/h1-5,8-10,15-16H,6-7,11-12H2. The molecule has 2 aliphatic rings. The molecule has 0 radical (unpaired) electrons. The van der Waals surface area contributed by atoms with Crippen LogP contribution >= 0.6 is 0 Å². The summed E-state index contributed by atoms with van der Waals surface area (Å²) in [7, 11) is 0. The van der Waals surface area contributed by atoms with Gasteiger partial charge in [0.15, 0.2) is 17.5 Å². The van der Waals surface area contributed by atoms with Gasteiger partial charge < -0.3 is 0 Å². The monoisotopic (exact) mass is 329 g/mol. The Morgan fingerprint density at radius 2 is 1.71 bits per heavy atom. The lowest BCUT2D eigenvalue weighted by atomic mass is 9.93. The highest BCUT2D eigenvalue weighted by atomic mass is 19.2. The van der Waals surface area contributed by atoms with Gasteiger partial charge in [-0.05, 0) is 42.5 Å². The van der Waals surface area contributed by atoms with Gasteiger partial charge in [0.2, 0.25) is 0 Å². The van der Waals surface area contributed by atoms with E-state index < -0.39 is 17.5 Å². The summed E-state index contributed by atoms with van der Waals surface area (Å²) in [5.74, 6) is -3.59. The van der Waals surface area contributed by atoms with Crippen molar-refractivity contribution in [1.29, 1.82) is 0 Å². The Balaban J connectivity index is 1.61. The van der Waals surface area contributed by atoms with Gasteiger partial charge in [0, 0.05) is 24.2 Å². The minimum Gasteiger partial charge on any atom is -0.289 e. The summed E-state index contributed by atoms with van der Waals surface area (Å²) in [6.45, 7) is 0.861. The summed E-state index contributed by atoms with van der Waals surface area (Å²) in [5.41, 5.74) is 2.25. The maximum Gasteiger partial charge on any atom is 0.195 e. The van der Waals surface area contributed by atoms with Crippen LogP contribution in [-0.4, -0.2) is 17.0 Å². The van der Waals surface area contributed by atoms with E-state index in [0.29, 0.717) is 12.5 Å². The van der Waals surface area contributed by atoms with Crippen LogP contribution in [0.4, 0.5) is 13.2 Å². The summed E-state index contributed by atoms with van der Waals surface area (Å²) in [6, 6.07) is 13.2. The molecular formula is C20H18F3N. The lowest BCUT2D eigenvalue weighted by Gasteiger charge is -2.34. The van der Waals surface area contributed by atoms with Crippen LogP contribution in [0.3, 0.4) is 0 Å². The van der Waals surface area contributed by atoms with Crippen LogP contribution in [0.5, 0.6) is 0 Å². The SMILES string of the molecule is Fc1ccc(C2=CC3CCC(C2)N3Cc2ccccc2)c(F)c1F. The first-order valence-electron chi connectivity index (χ1n) is 8.27. The first-order chi connectivity index (χ1) is 11.6. The zero-order chi connectivity index (χ0) is 16.7. The summed E-state index contributed by atoms with van der Waals surface area (Å²) in [6.07, 6.45) is 4.77. The van der Waals surface area contributed by atoms with E-state index in [1.54, 1.807) is 0 Å². The maximum atomic E-state index is 14.1. The molecule has 2 atom stereocenters. The van der Waals surface area contributed by atoms with Crippen molar-refractivity contribution in [3.63, 3.8) is 0 Å². The lowest BCUT2D eigenvalue weighted by molar-refractivity contribution is 0.203. The summed E-state index contributed by atoms with van der Waals surface area (Å²) < 4.78 is 40.8. The smallest absolute Gasteiger partial charge is 0.195 e. The van der Waals surface area contributed by atoms with Crippen LogP contribution in [0.15, 0.2) is 48.5 Å². The average molecular weight is 329 g/mol. The molecule has 1 saturated heterocycles. The molecule has 2 heterocycles. The summed E-state index contributed by atoms with van der Waals surface area (Å²) in [5, 5.41) is 0. The first-order valence-corrected chi connectivity index (χ1v) is 8.27. The molecule has 24 heavy (non-hydrogen) atoms. The summed E-state index contributed by atoms with van der Waals surface area (Å²) in [4.78, 5) is 2.43. The molecule has 1 nitrogen and oxygen atoms in total. The molecule has 4 rings (SSSR count). The van der Waals surface area contributed by atoms with E-state index in [2.05, 4.69) is 17.0 Å². The van der Waals surface area contributed by atoms with Crippen molar-refractivity contribution in [3.8, 4) is 0 Å². The molecule has 2 aromatic carbocycles. The Hall–Kier alpha value is -2.07. The van der Waals surface area contributed by atoms with Crippen LogP contribution < -0.4 is 0 Å². The van der Waals surface area contributed by atoms with E-state index in [-0.39, 0.29) is 11.6 Å². The minimum atomic E-state index is -1.38.